The van der Waals surface area contributed by atoms with Gasteiger partial charge in [0.2, 0.25) is 0 Å². The Balaban J connectivity index is 1.88. The average Bonchev–Trinajstić information content (AvgIpc) is 2.82. The molecule has 80 valence electrons. The lowest BCUT2D eigenvalue weighted by atomic mass is 10.2. The highest BCUT2D eigenvalue weighted by Gasteiger charge is 1.96. The molecule has 1 aromatic carbocycles. The highest BCUT2D eigenvalue weighted by atomic mass is 32.2. The Hall–Kier alpha value is -1.73. The third-order valence-electron chi connectivity index (χ3n) is 2.11. The number of thioether (sulfide) groups is 1. The van der Waals surface area contributed by atoms with Gasteiger partial charge in [0.25, 0.3) is 0 Å². The molecule has 0 unspecified atom stereocenters. The fraction of sp³-hybridized carbons (Fsp3) is 0.167. The number of hydrogen-bond acceptors (Lipinski definition) is 3. The first-order valence-corrected chi connectivity index (χ1v) is 5.97. The van der Waals surface area contributed by atoms with Crippen LogP contribution in [-0.4, -0.2) is 15.5 Å². The van der Waals surface area contributed by atoms with Gasteiger partial charge >= 0.3 is 0 Å². The Morgan fingerprint density at radius 3 is 3.06 bits per heavy atom. The Morgan fingerprint density at radius 1 is 1.38 bits per heavy atom. The highest BCUT2D eigenvalue weighted by molar-refractivity contribution is 7.99. The maximum atomic E-state index is 8.76. The van der Waals surface area contributed by atoms with Crippen molar-refractivity contribution in [3.8, 4) is 6.07 Å². The summed E-state index contributed by atoms with van der Waals surface area (Å²) < 4.78 is 1.90. The van der Waals surface area contributed by atoms with Crippen LogP contribution in [0.2, 0.25) is 0 Å². The van der Waals surface area contributed by atoms with Gasteiger partial charge in [-0.1, -0.05) is 6.07 Å². The van der Waals surface area contributed by atoms with Crippen LogP contribution in [0, 0.1) is 11.3 Å². The summed E-state index contributed by atoms with van der Waals surface area (Å²) in [6.45, 7) is 0.883. The second-order valence-corrected chi connectivity index (χ2v) is 4.43. The first-order chi connectivity index (χ1) is 7.88. The van der Waals surface area contributed by atoms with E-state index in [9.17, 15) is 0 Å². The molecule has 0 radical (unpaired) electrons. The summed E-state index contributed by atoms with van der Waals surface area (Å²) in [6, 6.07) is 11.7. The minimum absolute atomic E-state index is 0.712. The summed E-state index contributed by atoms with van der Waals surface area (Å²) in [5, 5.41) is 12.9. The summed E-state index contributed by atoms with van der Waals surface area (Å²) in [6.07, 6.45) is 3.73. The van der Waals surface area contributed by atoms with Crippen molar-refractivity contribution in [2.24, 2.45) is 0 Å². The van der Waals surface area contributed by atoms with Crippen molar-refractivity contribution in [1.29, 1.82) is 5.26 Å². The fourth-order valence-electron chi connectivity index (χ4n) is 1.35. The normalized spacial score (nSPS) is 9.94. The van der Waals surface area contributed by atoms with Crippen LogP contribution >= 0.6 is 11.8 Å². The van der Waals surface area contributed by atoms with Crippen LogP contribution in [0.25, 0.3) is 0 Å². The zero-order valence-corrected chi connectivity index (χ0v) is 9.52. The Kier molecular flexibility index (Phi) is 3.62. The lowest BCUT2D eigenvalue weighted by Gasteiger charge is -2.02. The molecule has 0 aliphatic rings. The van der Waals surface area contributed by atoms with Crippen molar-refractivity contribution >= 4 is 11.8 Å². The molecule has 0 saturated heterocycles. The van der Waals surface area contributed by atoms with E-state index in [1.54, 1.807) is 18.0 Å². The number of aryl methyl sites for hydroxylation is 1. The van der Waals surface area contributed by atoms with Gasteiger partial charge in [0, 0.05) is 23.0 Å². The molecule has 1 heterocycles. The Morgan fingerprint density at radius 2 is 2.31 bits per heavy atom. The number of benzene rings is 1. The van der Waals surface area contributed by atoms with E-state index in [-0.39, 0.29) is 0 Å². The number of rotatable bonds is 4. The van der Waals surface area contributed by atoms with E-state index in [2.05, 4.69) is 11.2 Å². The molecule has 3 nitrogen and oxygen atoms in total. The zero-order chi connectivity index (χ0) is 11.2. The van der Waals surface area contributed by atoms with Crippen LogP contribution in [0.15, 0.2) is 47.6 Å². The molecule has 16 heavy (non-hydrogen) atoms. The molecular weight excluding hydrogens is 218 g/mol. The molecule has 1 aromatic heterocycles. The standard InChI is InChI=1S/C12H11N3S/c13-10-11-3-1-4-12(9-11)16-8-7-15-6-2-5-14-15/h1-6,9H,7-8H2. The molecule has 0 aliphatic heterocycles. The molecule has 0 aliphatic carbocycles. The zero-order valence-electron chi connectivity index (χ0n) is 8.71. The van der Waals surface area contributed by atoms with E-state index in [0.717, 1.165) is 17.2 Å². The van der Waals surface area contributed by atoms with Crippen molar-refractivity contribution in [3.63, 3.8) is 0 Å². The molecule has 0 spiro atoms. The SMILES string of the molecule is N#Cc1cccc(SCCn2cccn2)c1. The van der Waals surface area contributed by atoms with Gasteiger partial charge in [0.1, 0.15) is 0 Å². The monoisotopic (exact) mass is 229 g/mol. The third-order valence-corrected chi connectivity index (χ3v) is 3.09. The second kappa shape index (κ2) is 5.38. The molecular formula is C12H11N3S. The summed E-state index contributed by atoms with van der Waals surface area (Å²) >= 11 is 1.74. The van der Waals surface area contributed by atoms with Crippen molar-refractivity contribution in [3.05, 3.63) is 48.3 Å². The largest absolute Gasteiger partial charge is 0.272 e. The maximum absolute atomic E-state index is 8.76. The van der Waals surface area contributed by atoms with Gasteiger partial charge in [-0.25, -0.2) is 0 Å². The minimum Gasteiger partial charge on any atom is -0.272 e. The van der Waals surface area contributed by atoms with Gasteiger partial charge in [0.15, 0.2) is 0 Å². The third kappa shape index (κ3) is 2.88. The second-order valence-electron chi connectivity index (χ2n) is 3.26. The summed E-state index contributed by atoms with van der Waals surface area (Å²) in [4.78, 5) is 1.13. The van der Waals surface area contributed by atoms with Crippen molar-refractivity contribution < 1.29 is 0 Å². The van der Waals surface area contributed by atoms with Crippen LogP contribution in [0.5, 0.6) is 0 Å². The number of nitriles is 1. The summed E-state index contributed by atoms with van der Waals surface area (Å²) in [5.74, 6) is 0.955. The molecule has 0 fully saturated rings. The van der Waals surface area contributed by atoms with Crippen LogP contribution in [0.1, 0.15) is 5.56 Å². The van der Waals surface area contributed by atoms with E-state index in [1.807, 2.05) is 41.2 Å². The van der Waals surface area contributed by atoms with Gasteiger partial charge in [0.05, 0.1) is 18.2 Å². The van der Waals surface area contributed by atoms with Gasteiger partial charge in [-0.2, -0.15) is 10.4 Å². The molecule has 0 amide bonds. The fourth-order valence-corrected chi connectivity index (χ4v) is 2.24. The van der Waals surface area contributed by atoms with E-state index in [4.69, 9.17) is 5.26 Å². The topological polar surface area (TPSA) is 41.6 Å². The minimum atomic E-state index is 0.712. The van der Waals surface area contributed by atoms with E-state index in [1.165, 1.54) is 0 Å². The van der Waals surface area contributed by atoms with Gasteiger partial charge in [-0.3, -0.25) is 4.68 Å². The van der Waals surface area contributed by atoms with E-state index < -0.39 is 0 Å². The van der Waals surface area contributed by atoms with Gasteiger partial charge < -0.3 is 0 Å². The van der Waals surface area contributed by atoms with Crippen molar-refractivity contribution in [1.82, 2.24) is 9.78 Å². The van der Waals surface area contributed by atoms with E-state index in [0.29, 0.717) is 5.56 Å². The summed E-state index contributed by atoms with van der Waals surface area (Å²) in [7, 11) is 0. The maximum Gasteiger partial charge on any atom is 0.0992 e. The number of hydrogen-bond donors (Lipinski definition) is 0. The van der Waals surface area contributed by atoms with Crippen LogP contribution in [0.3, 0.4) is 0 Å². The summed E-state index contributed by atoms with van der Waals surface area (Å²) in [5.41, 5.74) is 0.712. The quantitative estimate of drug-likeness (QED) is 0.756. The lowest BCUT2D eigenvalue weighted by Crippen LogP contribution is -2.00. The van der Waals surface area contributed by atoms with Crippen molar-refractivity contribution in [2.75, 3.05) is 5.75 Å². The molecule has 0 bridgehead atoms. The molecule has 2 aromatic rings. The van der Waals surface area contributed by atoms with Crippen LogP contribution in [0.4, 0.5) is 0 Å². The average molecular weight is 229 g/mol. The molecule has 0 saturated carbocycles. The Labute approximate surface area is 98.7 Å². The highest BCUT2D eigenvalue weighted by Crippen LogP contribution is 2.18. The number of nitrogens with zero attached hydrogens (tertiary/aromatic N) is 3. The molecule has 0 N–H and O–H groups in total. The van der Waals surface area contributed by atoms with Gasteiger partial charge in [-0.15, -0.1) is 11.8 Å². The lowest BCUT2D eigenvalue weighted by molar-refractivity contribution is 0.666. The first kappa shape index (κ1) is 10.8. The smallest absolute Gasteiger partial charge is 0.0992 e. The van der Waals surface area contributed by atoms with E-state index >= 15 is 0 Å². The predicted octanol–water partition coefficient (Wildman–Crippen LogP) is 2.55. The van der Waals surface area contributed by atoms with Crippen molar-refractivity contribution in [2.45, 2.75) is 11.4 Å². The van der Waals surface area contributed by atoms with Crippen LogP contribution < -0.4 is 0 Å². The predicted molar refractivity (Wildman–Crippen MR) is 64.1 cm³/mol. The van der Waals surface area contributed by atoms with Crippen LogP contribution in [-0.2, 0) is 6.54 Å². The molecule has 4 heteroatoms. The Bertz CT molecular complexity index is 485. The first-order valence-electron chi connectivity index (χ1n) is 4.99. The molecule has 0 atom stereocenters. The molecule has 2 rings (SSSR count). The number of aromatic nitrogens is 2. The van der Waals surface area contributed by atoms with Gasteiger partial charge in [-0.05, 0) is 24.3 Å².